The molecule has 15 heavy (non-hydrogen) atoms. The Morgan fingerprint density at radius 1 is 1.27 bits per heavy atom. The topological polar surface area (TPSA) is 18.5 Å². The Morgan fingerprint density at radius 2 is 2.07 bits per heavy atom. The summed E-state index contributed by atoms with van der Waals surface area (Å²) < 4.78 is 10.7. The fourth-order valence-electron chi connectivity index (χ4n) is 1.17. The number of halogens is 2. The summed E-state index contributed by atoms with van der Waals surface area (Å²) in [5.41, 5.74) is 0.903. The van der Waals surface area contributed by atoms with Gasteiger partial charge in [0.05, 0.1) is 17.5 Å². The van der Waals surface area contributed by atoms with Crippen LogP contribution < -0.4 is 4.74 Å². The quantitative estimate of drug-likeness (QED) is 0.567. The van der Waals surface area contributed by atoms with Crippen molar-refractivity contribution in [3.63, 3.8) is 0 Å². The number of ether oxygens (including phenoxy) is 2. The van der Waals surface area contributed by atoms with Crippen LogP contribution in [0.4, 0.5) is 0 Å². The predicted octanol–water partition coefficient (Wildman–Crippen LogP) is 3.49. The van der Waals surface area contributed by atoms with E-state index in [-0.39, 0.29) is 0 Å². The van der Waals surface area contributed by atoms with Crippen LogP contribution in [0, 0.1) is 0 Å². The van der Waals surface area contributed by atoms with Crippen LogP contribution in [0.2, 0.25) is 5.02 Å². The van der Waals surface area contributed by atoms with Crippen LogP contribution in [0.15, 0.2) is 18.2 Å². The van der Waals surface area contributed by atoms with E-state index in [0.717, 1.165) is 5.56 Å². The van der Waals surface area contributed by atoms with Crippen molar-refractivity contribution in [1.29, 1.82) is 0 Å². The van der Waals surface area contributed by atoms with Crippen molar-refractivity contribution in [1.82, 2.24) is 0 Å². The van der Waals surface area contributed by atoms with E-state index in [4.69, 9.17) is 32.7 Å². The molecule has 0 radical (unpaired) electrons. The van der Waals surface area contributed by atoms with Crippen molar-refractivity contribution >= 4 is 23.2 Å². The standard InChI is InChI=1S/C11H14Cl2O2/c1-2-14-6-7-15-11-9(8-12)4-3-5-10(11)13/h3-5H,2,6-8H2,1H3. The summed E-state index contributed by atoms with van der Waals surface area (Å²) in [4.78, 5) is 0. The summed E-state index contributed by atoms with van der Waals surface area (Å²) in [7, 11) is 0. The monoisotopic (exact) mass is 248 g/mol. The molecular weight excluding hydrogens is 235 g/mol. The third kappa shape index (κ3) is 3.90. The van der Waals surface area contributed by atoms with Gasteiger partial charge >= 0.3 is 0 Å². The first-order valence-corrected chi connectivity index (χ1v) is 5.74. The lowest BCUT2D eigenvalue weighted by molar-refractivity contribution is 0.110. The van der Waals surface area contributed by atoms with Crippen LogP contribution in [0.1, 0.15) is 12.5 Å². The minimum Gasteiger partial charge on any atom is -0.489 e. The Balaban J connectivity index is 2.58. The van der Waals surface area contributed by atoms with E-state index in [1.165, 1.54) is 0 Å². The van der Waals surface area contributed by atoms with Gasteiger partial charge in [-0.15, -0.1) is 11.6 Å². The fourth-order valence-corrected chi connectivity index (χ4v) is 1.63. The van der Waals surface area contributed by atoms with Gasteiger partial charge in [0.2, 0.25) is 0 Å². The molecular formula is C11H14Cl2O2. The normalized spacial score (nSPS) is 10.3. The molecule has 2 nitrogen and oxygen atoms in total. The Kier molecular flexibility index (Phi) is 5.84. The first kappa shape index (κ1) is 12.6. The molecule has 0 heterocycles. The molecule has 0 aromatic heterocycles. The molecule has 0 aliphatic heterocycles. The second kappa shape index (κ2) is 6.94. The van der Waals surface area contributed by atoms with E-state index in [1.54, 1.807) is 6.07 Å². The van der Waals surface area contributed by atoms with Crippen molar-refractivity contribution in [2.24, 2.45) is 0 Å². The average Bonchev–Trinajstić information content (AvgIpc) is 2.26. The maximum Gasteiger partial charge on any atom is 0.142 e. The van der Waals surface area contributed by atoms with Gasteiger partial charge in [0.15, 0.2) is 0 Å². The lowest BCUT2D eigenvalue weighted by Crippen LogP contribution is -2.07. The Bertz CT molecular complexity index is 303. The van der Waals surface area contributed by atoms with Gasteiger partial charge in [0, 0.05) is 12.2 Å². The van der Waals surface area contributed by atoms with Crippen LogP contribution in [0.25, 0.3) is 0 Å². The van der Waals surface area contributed by atoms with E-state index in [0.29, 0.717) is 36.5 Å². The van der Waals surface area contributed by atoms with E-state index in [1.807, 2.05) is 19.1 Å². The second-order valence-electron chi connectivity index (χ2n) is 2.91. The molecule has 0 unspecified atom stereocenters. The van der Waals surface area contributed by atoms with Gasteiger partial charge in [-0.05, 0) is 13.0 Å². The number of alkyl halides is 1. The van der Waals surface area contributed by atoms with Crippen molar-refractivity contribution < 1.29 is 9.47 Å². The van der Waals surface area contributed by atoms with E-state index in [2.05, 4.69) is 0 Å². The number of rotatable bonds is 6. The molecule has 1 rings (SSSR count). The smallest absolute Gasteiger partial charge is 0.142 e. The predicted molar refractivity (Wildman–Crippen MR) is 63.0 cm³/mol. The maximum absolute atomic E-state index is 6.00. The highest BCUT2D eigenvalue weighted by atomic mass is 35.5. The zero-order chi connectivity index (χ0) is 11.1. The second-order valence-corrected chi connectivity index (χ2v) is 3.58. The highest BCUT2D eigenvalue weighted by Gasteiger charge is 2.06. The van der Waals surface area contributed by atoms with E-state index >= 15 is 0 Å². The van der Waals surface area contributed by atoms with Gasteiger partial charge in [0.1, 0.15) is 12.4 Å². The van der Waals surface area contributed by atoms with E-state index in [9.17, 15) is 0 Å². The van der Waals surface area contributed by atoms with Crippen molar-refractivity contribution in [3.05, 3.63) is 28.8 Å². The SMILES string of the molecule is CCOCCOc1c(Cl)cccc1CCl. The summed E-state index contributed by atoms with van der Waals surface area (Å²) in [6.07, 6.45) is 0. The lowest BCUT2D eigenvalue weighted by Gasteiger charge is -2.11. The molecule has 0 amide bonds. The van der Waals surface area contributed by atoms with Crippen LogP contribution in [-0.4, -0.2) is 19.8 Å². The molecule has 0 aliphatic carbocycles. The Labute approximate surface area is 100 Å². The third-order valence-electron chi connectivity index (χ3n) is 1.87. The van der Waals surface area contributed by atoms with Crippen LogP contribution in [0.3, 0.4) is 0 Å². The van der Waals surface area contributed by atoms with Gasteiger partial charge in [-0.25, -0.2) is 0 Å². The number of hydrogen-bond acceptors (Lipinski definition) is 2. The molecule has 0 saturated heterocycles. The molecule has 0 fully saturated rings. The molecule has 0 N–H and O–H groups in total. The number of benzene rings is 1. The largest absolute Gasteiger partial charge is 0.489 e. The van der Waals surface area contributed by atoms with Gasteiger partial charge in [-0.1, -0.05) is 23.7 Å². The summed E-state index contributed by atoms with van der Waals surface area (Å²) in [5.74, 6) is 1.05. The van der Waals surface area contributed by atoms with Crippen LogP contribution in [0.5, 0.6) is 5.75 Å². The number of hydrogen-bond donors (Lipinski definition) is 0. The third-order valence-corrected chi connectivity index (χ3v) is 2.46. The van der Waals surface area contributed by atoms with Crippen LogP contribution in [-0.2, 0) is 10.6 Å². The average molecular weight is 249 g/mol. The molecule has 0 aliphatic rings. The molecule has 4 heteroatoms. The van der Waals surface area contributed by atoms with Crippen molar-refractivity contribution in [2.75, 3.05) is 19.8 Å². The molecule has 0 spiro atoms. The number of para-hydroxylation sites is 1. The maximum atomic E-state index is 6.00. The molecule has 0 atom stereocenters. The molecule has 0 saturated carbocycles. The zero-order valence-corrected chi connectivity index (χ0v) is 10.1. The summed E-state index contributed by atoms with van der Waals surface area (Å²) in [5, 5.41) is 0.588. The minimum atomic E-state index is 0.393. The molecule has 0 bridgehead atoms. The van der Waals surface area contributed by atoms with Crippen molar-refractivity contribution in [2.45, 2.75) is 12.8 Å². The van der Waals surface area contributed by atoms with Crippen molar-refractivity contribution in [3.8, 4) is 5.75 Å². The van der Waals surface area contributed by atoms with E-state index < -0.39 is 0 Å². The summed E-state index contributed by atoms with van der Waals surface area (Å²) in [6.45, 7) is 3.68. The molecule has 1 aromatic rings. The van der Waals surface area contributed by atoms with Crippen LogP contribution >= 0.6 is 23.2 Å². The highest BCUT2D eigenvalue weighted by molar-refractivity contribution is 6.32. The fraction of sp³-hybridized carbons (Fsp3) is 0.455. The molecule has 1 aromatic carbocycles. The summed E-state index contributed by atoms with van der Waals surface area (Å²) >= 11 is 11.8. The van der Waals surface area contributed by atoms with Gasteiger partial charge in [-0.2, -0.15) is 0 Å². The Morgan fingerprint density at radius 3 is 2.73 bits per heavy atom. The Hall–Kier alpha value is -0.440. The summed E-state index contributed by atoms with van der Waals surface area (Å²) in [6, 6.07) is 5.54. The van der Waals surface area contributed by atoms with Gasteiger partial charge < -0.3 is 9.47 Å². The first-order valence-electron chi connectivity index (χ1n) is 4.83. The molecule has 84 valence electrons. The lowest BCUT2D eigenvalue weighted by atomic mass is 10.2. The minimum absolute atomic E-state index is 0.393. The first-order chi connectivity index (χ1) is 7.29. The van der Waals surface area contributed by atoms with Gasteiger partial charge in [-0.3, -0.25) is 0 Å². The zero-order valence-electron chi connectivity index (χ0n) is 8.63. The van der Waals surface area contributed by atoms with Gasteiger partial charge in [0.25, 0.3) is 0 Å². The highest BCUT2D eigenvalue weighted by Crippen LogP contribution is 2.29.